The molecule has 3 N–H and O–H groups in total. The van der Waals surface area contributed by atoms with E-state index in [0.717, 1.165) is 30.1 Å². The number of nitrogens with one attached hydrogen (secondary N) is 1. The molecule has 2 aromatic carbocycles. The van der Waals surface area contributed by atoms with E-state index in [4.69, 9.17) is 32.2 Å². The summed E-state index contributed by atoms with van der Waals surface area (Å²) in [6, 6.07) is 15.2. The quantitative estimate of drug-likeness (QED) is 0.220. The molecule has 0 saturated carbocycles. The number of nitrogens with two attached hydrogens (primary N) is 1. The maximum Gasteiger partial charge on any atom is 0.184 e. The molecule has 0 aliphatic carbocycles. The highest BCUT2D eigenvalue weighted by atomic mass is 32.1. The number of rotatable bonds is 13. The van der Waals surface area contributed by atoms with Crippen LogP contribution in [0.5, 0.6) is 17.2 Å². The van der Waals surface area contributed by atoms with Gasteiger partial charge in [0, 0.05) is 5.56 Å². The average molecular weight is 416 g/mol. The average Bonchev–Trinajstić information content (AvgIpc) is 2.73. The summed E-state index contributed by atoms with van der Waals surface area (Å²) in [6.45, 7) is 3.79. The lowest BCUT2D eigenvalue weighted by Crippen LogP contribution is -2.24. The second kappa shape index (κ2) is 13.4. The molecule has 0 spiro atoms. The Morgan fingerprint density at radius 1 is 0.931 bits per heavy atom. The molecule has 7 heteroatoms. The fourth-order valence-corrected chi connectivity index (χ4v) is 2.60. The van der Waals surface area contributed by atoms with Crippen LogP contribution < -0.4 is 25.4 Å². The van der Waals surface area contributed by atoms with E-state index >= 15 is 0 Å². The molecule has 0 unspecified atom stereocenters. The van der Waals surface area contributed by atoms with Gasteiger partial charge in [-0.2, -0.15) is 5.10 Å². The predicted octanol–water partition coefficient (Wildman–Crippen LogP) is 4.27. The summed E-state index contributed by atoms with van der Waals surface area (Å²) in [7, 11) is 0. The molecule has 0 atom stereocenters. The van der Waals surface area contributed by atoms with Crippen molar-refractivity contribution in [3.63, 3.8) is 0 Å². The van der Waals surface area contributed by atoms with Crippen LogP contribution in [-0.2, 0) is 0 Å². The number of nitrogens with zero attached hydrogens (tertiary/aromatic N) is 1. The molecular formula is C22H29N3O3S. The normalized spacial score (nSPS) is 10.7. The zero-order valence-electron chi connectivity index (χ0n) is 16.8. The van der Waals surface area contributed by atoms with E-state index in [1.807, 2.05) is 48.5 Å². The van der Waals surface area contributed by atoms with Gasteiger partial charge in [0.2, 0.25) is 0 Å². The van der Waals surface area contributed by atoms with Crippen molar-refractivity contribution in [1.29, 1.82) is 0 Å². The van der Waals surface area contributed by atoms with Gasteiger partial charge in [-0.15, -0.1) is 0 Å². The summed E-state index contributed by atoms with van der Waals surface area (Å²) in [6.07, 6.45) is 6.40. The molecule has 0 aromatic heterocycles. The molecule has 0 aliphatic heterocycles. The van der Waals surface area contributed by atoms with Crippen molar-refractivity contribution in [2.45, 2.75) is 32.6 Å². The van der Waals surface area contributed by atoms with Gasteiger partial charge in [0.1, 0.15) is 30.5 Å². The van der Waals surface area contributed by atoms with Crippen molar-refractivity contribution in [3.05, 3.63) is 54.1 Å². The minimum atomic E-state index is 0.112. The minimum absolute atomic E-state index is 0.112. The van der Waals surface area contributed by atoms with Gasteiger partial charge < -0.3 is 19.9 Å². The van der Waals surface area contributed by atoms with E-state index in [9.17, 15) is 0 Å². The number of hydrogen-bond donors (Lipinski definition) is 2. The molecule has 0 radical (unpaired) electrons. The number of hydrazone groups is 1. The number of unbranched alkanes of at least 4 members (excludes halogenated alkanes) is 3. The minimum Gasteiger partial charge on any atom is -0.494 e. The van der Waals surface area contributed by atoms with Gasteiger partial charge in [-0.05, 0) is 55.0 Å². The number of ether oxygens (including phenoxy) is 3. The Bertz CT molecular complexity index is 766. The fourth-order valence-electron chi connectivity index (χ4n) is 2.55. The molecule has 0 saturated heterocycles. The van der Waals surface area contributed by atoms with Crippen molar-refractivity contribution in [2.24, 2.45) is 10.8 Å². The first-order valence-corrected chi connectivity index (χ1v) is 10.3. The van der Waals surface area contributed by atoms with Crippen LogP contribution in [0.4, 0.5) is 0 Å². The molecular weight excluding hydrogens is 386 g/mol. The smallest absolute Gasteiger partial charge is 0.184 e. The molecule has 0 heterocycles. The van der Waals surface area contributed by atoms with Crippen molar-refractivity contribution in [2.75, 3.05) is 19.8 Å². The monoisotopic (exact) mass is 415 g/mol. The van der Waals surface area contributed by atoms with Crippen LogP contribution in [0.25, 0.3) is 0 Å². The first-order chi connectivity index (χ1) is 14.2. The van der Waals surface area contributed by atoms with Crippen LogP contribution in [0.3, 0.4) is 0 Å². The summed E-state index contributed by atoms with van der Waals surface area (Å²) in [5.74, 6) is 2.35. The lowest BCUT2D eigenvalue weighted by atomic mass is 10.2. The third-order valence-electron chi connectivity index (χ3n) is 4.00. The molecule has 0 fully saturated rings. The van der Waals surface area contributed by atoms with E-state index < -0.39 is 0 Å². The molecule has 29 heavy (non-hydrogen) atoms. The lowest BCUT2D eigenvalue weighted by Gasteiger charge is -2.11. The molecule has 0 amide bonds. The second-order valence-corrected chi connectivity index (χ2v) is 6.79. The zero-order valence-corrected chi connectivity index (χ0v) is 17.6. The van der Waals surface area contributed by atoms with Gasteiger partial charge in [0.15, 0.2) is 5.11 Å². The first-order valence-electron chi connectivity index (χ1n) is 9.85. The summed E-state index contributed by atoms with van der Waals surface area (Å²) < 4.78 is 17.3. The zero-order chi connectivity index (χ0) is 20.7. The Morgan fingerprint density at radius 3 is 2.28 bits per heavy atom. The fraction of sp³-hybridized carbons (Fsp3) is 0.364. The lowest BCUT2D eigenvalue weighted by molar-refractivity contribution is 0.216. The van der Waals surface area contributed by atoms with Crippen LogP contribution in [0.2, 0.25) is 0 Å². The second-order valence-electron chi connectivity index (χ2n) is 6.35. The van der Waals surface area contributed by atoms with E-state index in [1.165, 1.54) is 19.3 Å². The number of para-hydroxylation sites is 1. The van der Waals surface area contributed by atoms with Crippen LogP contribution in [-0.4, -0.2) is 31.1 Å². The van der Waals surface area contributed by atoms with E-state index in [1.54, 1.807) is 6.21 Å². The highest BCUT2D eigenvalue weighted by molar-refractivity contribution is 7.80. The Morgan fingerprint density at radius 2 is 1.59 bits per heavy atom. The van der Waals surface area contributed by atoms with Crippen LogP contribution in [0.1, 0.15) is 38.2 Å². The molecule has 2 aromatic rings. The van der Waals surface area contributed by atoms with Crippen LogP contribution >= 0.6 is 12.2 Å². The highest BCUT2D eigenvalue weighted by Crippen LogP contribution is 2.19. The first kappa shape index (κ1) is 22.5. The third-order valence-corrected chi connectivity index (χ3v) is 4.09. The maximum atomic E-state index is 5.79. The van der Waals surface area contributed by atoms with Crippen molar-refractivity contribution in [3.8, 4) is 17.2 Å². The highest BCUT2D eigenvalue weighted by Gasteiger charge is 2.02. The van der Waals surface area contributed by atoms with Gasteiger partial charge in [0.05, 0.1) is 12.8 Å². The molecule has 0 bridgehead atoms. The number of thiocarbonyl (C=S) groups is 1. The summed E-state index contributed by atoms with van der Waals surface area (Å²) in [5.41, 5.74) is 8.69. The Labute approximate surface area is 178 Å². The maximum absolute atomic E-state index is 5.79. The number of benzene rings is 2. The van der Waals surface area contributed by atoms with Gasteiger partial charge in [0.25, 0.3) is 0 Å². The molecule has 2 rings (SSSR count). The van der Waals surface area contributed by atoms with Gasteiger partial charge >= 0.3 is 0 Å². The van der Waals surface area contributed by atoms with Gasteiger partial charge in [-0.3, -0.25) is 5.43 Å². The van der Waals surface area contributed by atoms with Crippen molar-refractivity contribution >= 4 is 23.5 Å². The number of hydrogen-bond acceptors (Lipinski definition) is 5. The molecule has 0 aliphatic rings. The summed E-state index contributed by atoms with van der Waals surface area (Å²) >= 11 is 4.72. The molecule has 6 nitrogen and oxygen atoms in total. The van der Waals surface area contributed by atoms with Gasteiger partial charge in [-0.25, -0.2) is 0 Å². The Balaban J connectivity index is 1.71. The van der Waals surface area contributed by atoms with Crippen molar-refractivity contribution < 1.29 is 14.2 Å². The van der Waals surface area contributed by atoms with E-state index in [2.05, 4.69) is 17.5 Å². The van der Waals surface area contributed by atoms with E-state index in [-0.39, 0.29) is 5.11 Å². The van der Waals surface area contributed by atoms with Crippen LogP contribution in [0.15, 0.2) is 53.6 Å². The molecule has 156 valence electrons. The van der Waals surface area contributed by atoms with Crippen molar-refractivity contribution in [1.82, 2.24) is 5.43 Å². The van der Waals surface area contributed by atoms with Crippen LogP contribution in [0, 0.1) is 0 Å². The predicted molar refractivity (Wildman–Crippen MR) is 121 cm³/mol. The summed E-state index contributed by atoms with van der Waals surface area (Å²) in [4.78, 5) is 0. The third kappa shape index (κ3) is 9.30. The van der Waals surface area contributed by atoms with E-state index in [0.29, 0.717) is 19.0 Å². The Hall–Kier alpha value is -2.80. The van der Waals surface area contributed by atoms with Gasteiger partial charge in [-0.1, -0.05) is 38.3 Å². The SMILES string of the molecule is CCCCCCOc1ccc(OCCOc2ccccc2/C=N/NC(N)=S)cc1. The standard InChI is InChI=1S/C22H29N3O3S/c1-2-3-4-7-14-26-19-10-12-20(13-11-19)27-15-16-28-21-9-6-5-8-18(21)17-24-25-22(23)29/h5-6,8-13,17H,2-4,7,14-16H2,1H3,(H3,23,25,29)/b24-17+. The topological polar surface area (TPSA) is 78.1 Å². The largest absolute Gasteiger partial charge is 0.494 e. The summed E-state index contributed by atoms with van der Waals surface area (Å²) in [5, 5.41) is 4.07. The Kier molecular flexibility index (Phi) is 10.4.